The summed E-state index contributed by atoms with van der Waals surface area (Å²) in [6.45, 7) is 5.57. The summed E-state index contributed by atoms with van der Waals surface area (Å²) in [6, 6.07) is 16.3. The van der Waals surface area contributed by atoms with Gasteiger partial charge < -0.3 is 19.6 Å². The lowest BCUT2D eigenvalue weighted by atomic mass is 10.1. The van der Waals surface area contributed by atoms with Gasteiger partial charge in [-0.25, -0.2) is 0 Å². The molecule has 2 aromatic rings. The Morgan fingerprint density at radius 3 is 1.88 bits per heavy atom. The summed E-state index contributed by atoms with van der Waals surface area (Å²) in [5, 5.41) is 9.98. The molecule has 3 rings (SSSR count). The third-order valence-corrected chi connectivity index (χ3v) is 4.43. The van der Waals surface area contributed by atoms with E-state index in [9.17, 15) is 5.11 Å². The van der Waals surface area contributed by atoms with E-state index in [0.29, 0.717) is 0 Å². The van der Waals surface area contributed by atoms with E-state index in [1.54, 1.807) is 7.11 Å². The first-order valence-corrected chi connectivity index (χ1v) is 8.10. The van der Waals surface area contributed by atoms with Crippen LogP contribution in [0.4, 0.5) is 11.4 Å². The summed E-state index contributed by atoms with van der Waals surface area (Å²) < 4.78 is 5.47. The first-order chi connectivity index (χ1) is 11.2. The van der Waals surface area contributed by atoms with Crippen molar-refractivity contribution in [2.75, 3.05) is 43.1 Å². The third-order valence-electron chi connectivity index (χ3n) is 4.43. The molecule has 0 amide bonds. The van der Waals surface area contributed by atoms with Crippen LogP contribution in [0.25, 0.3) is 0 Å². The lowest BCUT2D eigenvalue weighted by Gasteiger charge is -2.38. The molecule has 0 saturated carbocycles. The summed E-state index contributed by atoms with van der Waals surface area (Å²) in [5.74, 6) is 0.922. The largest absolute Gasteiger partial charge is 0.495 e. The maximum Gasteiger partial charge on any atom is 0.142 e. The molecule has 0 aromatic heterocycles. The van der Waals surface area contributed by atoms with E-state index in [0.717, 1.165) is 48.9 Å². The van der Waals surface area contributed by atoms with Gasteiger partial charge in [-0.3, -0.25) is 0 Å². The van der Waals surface area contributed by atoms with Crippen LogP contribution >= 0.6 is 24.8 Å². The normalized spacial score (nSPS) is 15.0. The zero-order valence-corrected chi connectivity index (χ0v) is 16.2. The second-order valence-corrected chi connectivity index (χ2v) is 5.88. The zero-order valence-electron chi connectivity index (χ0n) is 14.6. The number of rotatable bonds is 4. The van der Waals surface area contributed by atoms with E-state index in [4.69, 9.17) is 4.74 Å². The van der Waals surface area contributed by atoms with Crippen molar-refractivity contribution >= 4 is 36.2 Å². The molecule has 1 aliphatic rings. The highest BCUT2D eigenvalue weighted by molar-refractivity contribution is 5.85. The molecule has 25 heavy (non-hydrogen) atoms. The second kappa shape index (κ2) is 9.76. The molecule has 1 N–H and O–H groups in total. The van der Waals surface area contributed by atoms with Gasteiger partial charge in [0.1, 0.15) is 5.75 Å². The highest BCUT2D eigenvalue weighted by atomic mass is 35.5. The Kier molecular flexibility index (Phi) is 8.36. The van der Waals surface area contributed by atoms with Crippen LogP contribution in [0.1, 0.15) is 18.6 Å². The molecule has 1 heterocycles. The fraction of sp³-hybridized carbons (Fsp3) is 0.368. The Labute approximate surface area is 162 Å². The lowest BCUT2D eigenvalue weighted by molar-refractivity contribution is 0.199. The predicted molar refractivity (Wildman–Crippen MR) is 109 cm³/mol. The van der Waals surface area contributed by atoms with Gasteiger partial charge in [0.25, 0.3) is 0 Å². The minimum absolute atomic E-state index is 0. The van der Waals surface area contributed by atoms with Gasteiger partial charge in [-0.05, 0) is 25.1 Å². The van der Waals surface area contributed by atoms with Crippen molar-refractivity contribution in [3.63, 3.8) is 0 Å². The summed E-state index contributed by atoms with van der Waals surface area (Å²) in [5.41, 5.74) is 3.29. The van der Waals surface area contributed by atoms with Gasteiger partial charge in [0.05, 0.1) is 18.9 Å². The number of anilines is 2. The average Bonchev–Trinajstić information content (AvgIpc) is 2.62. The molecule has 0 spiro atoms. The highest BCUT2D eigenvalue weighted by Gasteiger charge is 2.21. The molecule has 0 aliphatic carbocycles. The van der Waals surface area contributed by atoms with E-state index >= 15 is 0 Å². The van der Waals surface area contributed by atoms with Crippen LogP contribution in [-0.2, 0) is 0 Å². The van der Waals surface area contributed by atoms with Gasteiger partial charge in [0.15, 0.2) is 0 Å². The molecular weight excluding hydrogens is 359 g/mol. The third kappa shape index (κ3) is 4.72. The van der Waals surface area contributed by atoms with Crippen molar-refractivity contribution in [1.29, 1.82) is 0 Å². The number of piperazine rings is 1. The first kappa shape index (κ1) is 21.4. The number of ether oxygens (including phenoxy) is 1. The monoisotopic (exact) mass is 384 g/mol. The SMILES string of the molecule is COc1ccccc1N1CCN(c2ccccc2C(C)O)CC1.Cl.Cl. The molecule has 138 valence electrons. The van der Waals surface area contributed by atoms with Gasteiger partial charge in [0.2, 0.25) is 0 Å². The summed E-state index contributed by atoms with van der Waals surface area (Å²) in [4.78, 5) is 4.72. The first-order valence-electron chi connectivity index (χ1n) is 8.10. The topological polar surface area (TPSA) is 35.9 Å². The minimum Gasteiger partial charge on any atom is -0.495 e. The van der Waals surface area contributed by atoms with E-state index < -0.39 is 6.10 Å². The number of para-hydroxylation sites is 3. The molecule has 2 aromatic carbocycles. The van der Waals surface area contributed by atoms with Gasteiger partial charge in [0, 0.05) is 37.4 Å². The van der Waals surface area contributed by atoms with Crippen LogP contribution in [0, 0.1) is 0 Å². The number of methoxy groups -OCH3 is 1. The number of hydrogen-bond donors (Lipinski definition) is 1. The van der Waals surface area contributed by atoms with Crippen LogP contribution < -0.4 is 14.5 Å². The van der Waals surface area contributed by atoms with Crippen molar-refractivity contribution in [3.8, 4) is 5.75 Å². The van der Waals surface area contributed by atoms with Gasteiger partial charge in [-0.2, -0.15) is 0 Å². The van der Waals surface area contributed by atoms with Crippen LogP contribution in [0.15, 0.2) is 48.5 Å². The maximum absolute atomic E-state index is 9.98. The van der Waals surface area contributed by atoms with E-state index in [-0.39, 0.29) is 24.8 Å². The molecule has 1 atom stereocenters. The molecule has 6 heteroatoms. The Morgan fingerprint density at radius 1 is 0.840 bits per heavy atom. The standard InChI is InChI=1S/C19H24N2O2.2ClH/c1-15(22)16-7-3-4-8-17(16)20-11-13-21(14-12-20)18-9-5-6-10-19(18)23-2;;/h3-10,15,22H,11-14H2,1-2H3;2*1H. The predicted octanol–water partition coefficient (Wildman–Crippen LogP) is 3.92. The summed E-state index contributed by atoms with van der Waals surface area (Å²) >= 11 is 0. The van der Waals surface area contributed by atoms with Gasteiger partial charge >= 0.3 is 0 Å². The number of halogens is 2. The molecule has 1 saturated heterocycles. The molecule has 1 fully saturated rings. The van der Waals surface area contributed by atoms with Crippen molar-refractivity contribution in [3.05, 3.63) is 54.1 Å². The Balaban J connectivity index is 0.00000156. The number of nitrogens with zero attached hydrogens (tertiary/aromatic N) is 2. The molecular formula is C19H26Cl2N2O2. The van der Waals surface area contributed by atoms with Crippen LogP contribution in [0.3, 0.4) is 0 Å². The average molecular weight is 385 g/mol. The van der Waals surface area contributed by atoms with Crippen LogP contribution in [0.5, 0.6) is 5.75 Å². The van der Waals surface area contributed by atoms with Crippen LogP contribution in [-0.4, -0.2) is 38.4 Å². The minimum atomic E-state index is -0.446. The van der Waals surface area contributed by atoms with Crippen molar-refractivity contribution in [1.82, 2.24) is 0 Å². The number of hydrogen-bond acceptors (Lipinski definition) is 4. The molecule has 1 aliphatic heterocycles. The second-order valence-electron chi connectivity index (χ2n) is 5.88. The van der Waals surface area contributed by atoms with Gasteiger partial charge in [-0.15, -0.1) is 24.8 Å². The van der Waals surface area contributed by atoms with E-state index in [2.05, 4.69) is 21.9 Å². The van der Waals surface area contributed by atoms with Crippen molar-refractivity contribution in [2.45, 2.75) is 13.0 Å². The summed E-state index contributed by atoms with van der Waals surface area (Å²) in [6.07, 6.45) is -0.446. The molecule has 0 bridgehead atoms. The van der Waals surface area contributed by atoms with E-state index in [1.165, 1.54) is 0 Å². The fourth-order valence-electron chi connectivity index (χ4n) is 3.21. The number of aliphatic hydroxyl groups is 1. The highest BCUT2D eigenvalue weighted by Crippen LogP contribution is 2.31. The number of benzene rings is 2. The Morgan fingerprint density at radius 2 is 1.32 bits per heavy atom. The quantitative estimate of drug-likeness (QED) is 0.866. The smallest absolute Gasteiger partial charge is 0.142 e. The number of aliphatic hydroxyl groups excluding tert-OH is 1. The van der Waals surface area contributed by atoms with E-state index in [1.807, 2.05) is 43.3 Å². The van der Waals surface area contributed by atoms with Crippen molar-refractivity contribution < 1.29 is 9.84 Å². The molecule has 1 unspecified atom stereocenters. The van der Waals surface area contributed by atoms with Crippen LogP contribution in [0.2, 0.25) is 0 Å². The summed E-state index contributed by atoms with van der Waals surface area (Å²) in [7, 11) is 1.72. The maximum atomic E-state index is 9.98. The Hall–Kier alpha value is -1.62. The Bertz CT molecular complexity index is 659. The molecule has 4 nitrogen and oxygen atoms in total. The molecule has 0 radical (unpaired) electrons. The van der Waals surface area contributed by atoms with Crippen molar-refractivity contribution in [2.24, 2.45) is 0 Å². The van der Waals surface area contributed by atoms with Gasteiger partial charge in [-0.1, -0.05) is 30.3 Å². The fourth-order valence-corrected chi connectivity index (χ4v) is 3.21. The lowest BCUT2D eigenvalue weighted by Crippen LogP contribution is -2.47. The zero-order chi connectivity index (χ0) is 16.2.